The van der Waals surface area contributed by atoms with Gasteiger partial charge in [-0.1, -0.05) is 42.6 Å². The fraction of sp³-hybridized carbons (Fsp3) is 0.474. The second kappa shape index (κ2) is 6.19. The van der Waals surface area contributed by atoms with Gasteiger partial charge in [0.25, 0.3) is 0 Å². The molecule has 0 spiro atoms. The molecular formula is C19H22N2O2. The van der Waals surface area contributed by atoms with Crippen molar-refractivity contribution in [2.45, 2.75) is 51.4 Å². The average Bonchev–Trinajstić information content (AvgIpc) is 2.99. The van der Waals surface area contributed by atoms with Gasteiger partial charge in [-0.25, -0.2) is 4.79 Å². The normalized spacial score (nSPS) is 20.6. The largest absolute Gasteiger partial charge is 0.358 e. The minimum Gasteiger partial charge on any atom is -0.358 e. The zero-order chi connectivity index (χ0) is 15.6. The van der Waals surface area contributed by atoms with Crippen LogP contribution in [0.25, 0.3) is 10.9 Å². The first-order valence-corrected chi connectivity index (χ1v) is 8.70. The minimum atomic E-state index is -0.149. The molecule has 2 aromatic rings. The number of aromatic nitrogens is 1. The van der Waals surface area contributed by atoms with Gasteiger partial charge in [0.05, 0.1) is 11.6 Å². The maximum atomic E-state index is 12.2. The molecule has 4 rings (SSSR count). The maximum absolute atomic E-state index is 12.2. The molecule has 0 amide bonds. The number of aryl methyl sites for hydroxylation is 1. The Morgan fingerprint density at radius 2 is 1.91 bits per heavy atom. The molecule has 1 saturated carbocycles. The van der Waals surface area contributed by atoms with Gasteiger partial charge in [0, 0.05) is 22.2 Å². The third-order valence-corrected chi connectivity index (χ3v) is 5.10. The Balaban J connectivity index is 1.59. The highest BCUT2D eigenvalue weighted by molar-refractivity contribution is 6.12. The van der Waals surface area contributed by atoms with E-state index in [-0.39, 0.29) is 11.9 Å². The summed E-state index contributed by atoms with van der Waals surface area (Å²) in [5, 5.41) is 5.44. The molecule has 1 aromatic carbocycles. The molecule has 0 bridgehead atoms. The van der Waals surface area contributed by atoms with Crippen LogP contribution < -0.4 is 0 Å². The van der Waals surface area contributed by atoms with Crippen LogP contribution >= 0.6 is 0 Å². The average molecular weight is 310 g/mol. The van der Waals surface area contributed by atoms with Crippen LogP contribution in [0.15, 0.2) is 29.4 Å². The van der Waals surface area contributed by atoms with Crippen LogP contribution in [-0.2, 0) is 16.1 Å². The Morgan fingerprint density at radius 1 is 1.09 bits per heavy atom. The maximum Gasteiger partial charge on any atom is 0.338 e. The zero-order valence-electron chi connectivity index (χ0n) is 13.3. The molecule has 1 N–H and O–H groups in total. The number of fused-ring (bicyclic) bond motifs is 3. The Bertz CT molecular complexity index is 754. The number of benzene rings is 1. The van der Waals surface area contributed by atoms with E-state index < -0.39 is 0 Å². The van der Waals surface area contributed by atoms with Gasteiger partial charge in [0.15, 0.2) is 0 Å². The van der Waals surface area contributed by atoms with Crippen molar-refractivity contribution in [3.05, 3.63) is 35.5 Å². The third-order valence-electron chi connectivity index (χ3n) is 5.10. The van der Waals surface area contributed by atoms with E-state index in [0.717, 1.165) is 61.7 Å². The van der Waals surface area contributed by atoms with E-state index >= 15 is 0 Å². The standard InChI is InChI=1S/C19H22N2O2/c22-19(13-7-2-1-3-8-13)23-21-17-12-6-11-16-18(17)14-9-4-5-10-15(14)20-16/h4-5,9-10,13,20H,1-3,6-8,11-12H2/b21-17-. The van der Waals surface area contributed by atoms with Crippen LogP contribution in [0.3, 0.4) is 0 Å². The number of hydrogen-bond donors (Lipinski definition) is 1. The number of rotatable bonds is 2. The summed E-state index contributed by atoms with van der Waals surface area (Å²) in [6, 6.07) is 8.26. The summed E-state index contributed by atoms with van der Waals surface area (Å²) >= 11 is 0. The molecule has 0 radical (unpaired) electrons. The number of aromatic amines is 1. The Labute approximate surface area is 135 Å². The Morgan fingerprint density at radius 3 is 2.78 bits per heavy atom. The second-order valence-electron chi connectivity index (χ2n) is 6.66. The molecule has 0 saturated heterocycles. The molecule has 2 aliphatic carbocycles. The summed E-state index contributed by atoms with van der Waals surface area (Å²) in [4.78, 5) is 21.0. The number of nitrogens with one attached hydrogen (secondary N) is 1. The van der Waals surface area contributed by atoms with Crippen molar-refractivity contribution in [3.63, 3.8) is 0 Å². The van der Waals surface area contributed by atoms with Gasteiger partial charge in [0.2, 0.25) is 0 Å². The number of carbonyl (C=O) groups is 1. The molecule has 4 heteroatoms. The lowest BCUT2D eigenvalue weighted by Gasteiger charge is -2.19. The summed E-state index contributed by atoms with van der Waals surface area (Å²) < 4.78 is 0. The number of para-hydroxylation sites is 1. The van der Waals surface area contributed by atoms with Crippen molar-refractivity contribution in [2.75, 3.05) is 0 Å². The van der Waals surface area contributed by atoms with Crippen molar-refractivity contribution < 1.29 is 9.63 Å². The fourth-order valence-electron chi connectivity index (χ4n) is 3.88. The number of H-pyrrole nitrogens is 1. The lowest BCUT2D eigenvalue weighted by molar-refractivity contribution is -0.149. The summed E-state index contributed by atoms with van der Waals surface area (Å²) in [5.74, 6) is -0.108. The monoisotopic (exact) mass is 310 g/mol. The Hall–Kier alpha value is -2.10. The predicted octanol–water partition coefficient (Wildman–Crippen LogP) is 4.33. The summed E-state index contributed by atoms with van der Waals surface area (Å²) in [6.07, 6.45) is 8.32. The first kappa shape index (κ1) is 14.5. The van der Waals surface area contributed by atoms with E-state index in [1.165, 1.54) is 17.5 Å². The van der Waals surface area contributed by atoms with Crippen LogP contribution in [-0.4, -0.2) is 16.7 Å². The van der Waals surface area contributed by atoms with Gasteiger partial charge in [-0.15, -0.1) is 0 Å². The molecule has 0 aliphatic heterocycles. The van der Waals surface area contributed by atoms with Gasteiger partial charge in [0.1, 0.15) is 0 Å². The first-order valence-electron chi connectivity index (χ1n) is 8.70. The Kier molecular flexibility index (Phi) is 3.90. The summed E-state index contributed by atoms with van der Waals surface area (Å²) in [7, 11) is 0. The number of oxime groups is 1. The SMILES string of the molecule is O=C(O/N=C1/CCCc2[nH]c3ccccc3c21)C1CCCCC1. The minimum absolute atomic E-state index is 0.0409. The highest BCUT2D eigenvalue weighted by Gasteiger charge is 2.25. The molecule has 0 atom stereocenters. The fourth-order valence-corrected chi connectivity index (χ4v) is 3.88. The van der Waals surface area contributed by atoms with Crippen LogP contribution in [0, 0.1) is 5.92 Å². The summed E-state index contributed by atoms with van der Waals surface area (Å²) in [5.41, 5.74) is 4.40. The van der Waals surface area contributed by atoms with Crippen molar-refractivity contribution in [1.29, 1.82) is 0 Å². The van der Waals surface area contributed by atoms with Crippen molar-refractivity contribution in [2.24, 2.45) is 11.1 Å². The highest BCUT2D eigenvalue weighted by atomic mass is 16.7. The van der Waals surface area contributed by atoms with E-state index in [1.54, 1.807) is 0 Å². The van der Waals surface area contributed by atoms with Crippen molar-refractivity contribution >= 4 is 22.6 Å². The van der Waals surface area contributed by atoms with Crippen molar-refractivity contribution in [1.82, 2.24) is 4.98 Å². The smallest absolute Gasteiger partial charge is 0.338 e. The molecule has 0 unspecified atom stereocenters. The molecule has 1 aromatic heterocycles. The van der Waals surface area contributed by atoms with E-state index in [0.29, 0.717) is 0 Å². The first-order chi connectivity index (χ1) is 11.3. The van der Waals surface area contributed by atoms with E-state index in [2.05, 4.69) is 22.3 Å². The number of carbonyl (C=O) groups excluding carboxylic acids is 1. The number of hydrogen-bond acceptors (Lipinski definition) is 3. The van der Waals surface area contributed by atoms with E-state index in [1.807, 2.05) is 12.1 Å². The lowest BCUT2D eigenvalue weighted by atomic mass is 9.89. The topological polar surface area (TPSA) is 54.4 Å². The second-order valence-corrected chi connectivity index (χ2v) is 6.66. The van der Waals surface area contributed by atoms with Gasteiger partial charge in [-0.3, -0.25) is 0 Å². The van der Waals surface area contributed by atoms with Crippen LogP contribution in [0.1, 0.15) is 56.2 Å². The van der Waals surface area contributed by atoms with Crippen LogP contribution in [0.4, 0.5) is 0 Å². The molecule has 23 heavy (non-hydrogen) atoms. The molecule has 4 nitrogen and oxygen atoms in total. The van der Waals surface area contributed by atoms with Crippen LogP contribution in [0.5, 0.6) is 0 Å². The number of nitrogens with zero attached hydrogens (tertiary/aromatic N) is 1. The summed E-state index contributed by atoms with van der Waals surface area (Å²) in [6.45, 7) is 0. The third kappa shape index (κ3) is 2.78. The van der Waals surface area contributed by atoms with Gasteiger partial charge < -0.3 is 9.82 Å². The van der Waals surface area contributed by atoms with Gasteiger partial charge in [-0.05, 0) is 38.2 Å². The molecule has 1 fully saturated rings. The molecule has 2 aliphatic rings. The van der Waals surface area contributed by atoms with Crippen molar-refractivity contribution in [3.8, 4) is 0 Å². The predicted molar refractivity (Wildman–Crippen MR) is 90.4 cm³/mol. The van der Waals surface area contributed by atoms with Crippen LogP contribution in [0.2, 0.25) is 0 Å². The zero-order valence-corrected chi connectivity index (χ0v) is 13.3. The highest BCUT2D eigenvalue weighted by Crippen LogP contribution is 2.30. The van der Waals surface area contributed by atoms with E-state index in [4.69, 9.17) is 4.84 Å². The quantitative estimate of drug-likeness (QED) is 0.663. The lowest BCUT2D eigenvalue weighted by Crippen LogP contribution is -2.20. The molecule has 1 heterocycles. The van der Waals surface area contributed by atoms with E-state index in [9.17, 15) is 4.79 Å². The van der Waals surface area contributed by atoms with Gasteiger partial charge >= 0.3 is 5.97 Å². The molecular weight excluding hydrogens is 288 g/mol. The molecule has 120 valence electrons. The van der Waals surface area contributed by atoms with Gasteiger partial charge in [-0.2, -0.15) is 0 Å².